The molecule has 2 heterocycles. The molecule has 0 radical (unpaired) electrons. The molecule has 6 heteroatoms. The lowest BCUT2D eigenvalue weighted by atomic mass is 9.48. The van der Waals surface area contributed by atoms with Gasteiger partial charge in [0.25, 0.3) is 0 Å². The summed E-state index contributed by atoms with van der Waals surface area (Å²) in [6.45, 7) is 7.06. The van der Waals surface area contributed by atoms with Gasteiger partial charge in [-0.2, -0.15) is 0 Å². The van der Waals surface area contributed by atoms with E-state index >= 15 is 0 Å². The minimum absolute atomic E-state index is 0.0804. The number of rotatable bonds is 0. The van der Waals surface area contributed by atoms with Gasteiger partial charge in [-0.3, -0.25) is 14.5 Å². The lowest BCUT2D eigenvalue weighted by molar-refractivity contribution is -0.192. The number of fused-ring (bicyclic) bond motifs is 5. The fraction of sp³-hybridized carbons (Fsp3) is 0.818. The molecule has 2 aliphatic heterocycles. The zero-order chi connectivity index (χ0) is 19.9. The molecule has 28 heavy (non-hydrogen) atoms. The third-order valence-corrected chi connectivity index (χ3v) is 8.69. The third kappa shape index (κ3) is 2.31. The van der Waals surface area contributed by atoms with Gasteiger partial charge in [0.05, 0.1) is 24.9 Å². The lowest BCUT2D eigenvalue weighted by Crippen LogP contribution is -2.62. The smallest absolute Gasteiger partial charge is 0.230 e. The zero-order valence-electron chi connectivity index (χ0n) is 17.1. The molecule has 3 aliphatic carbocycles. The summed E-state index contributed by atoms with van der Waals surface area (Å²) >= 11 is 0. The second kappa shape index (κ2) is 5.89. The Morgan fingerprint density at radius 1 is 1.25 bits per heavy atom. The molecule has 2 amide bonds. The Bertz CT molecular complexity index is 756. The molecule has 5 aliphatic rings. The number of ether oxygens (including phenoxy) is 2. The molecule has 0 aromatic heterocycles. The minimum atomic E-state index is -0.571. The van der Waals surface area contributed by atoms with Gasteiger partial charge in [0.15, 0.2) is 5.79 Å². The number of hydrogen-bond donors (Lipinski definition) is 1. The number of imide groups is 1. The highest BCUT2D eigenvalue weighted by Crippen LogP contribution is 2.63. The molecular weight excluding hydrogens is 358 g/mol. The molecule has 2 saturated heterocycles. The van der Waals surface area contributed by atoms with Crippen LogP contribution < -0.4 is 0 Å². The topological polar surface area (TPSA) is 76.1 Å². The number of aliphatic hydroxyl groups excluding tert-OH is 1. The van der Waals surface area contributed by atoms with Crippen LogP contribution in [0.4, 0.5) is 0 Å². The predicted molar refractivity (Wildman–Crippen MR) is 101 cm³/mol. The van der Waals surface area contributed by atoms with E-state index in [1.165, 1.54) is 17.4 Å². The van der Waals surface area contributed by atoms with E-state index in [0.717, 1.165) is 25.7 Å². The second-order valence-electron chi connectivity index (χ2n) is 10.0. The average Bonchev–Trinajstić information content (AvgIpc) is 3.16. The van der Waals surface area contributed by atoms with E-state index in [0.29, 0.717) is 26.1 Å². The van der Waals surface area contributed by atoms with Gasteiger partial charge >= 0.3 is 0 Å². The highest BCUT2D eigenvalue weighted by atomic mass is 16.7. The van der Waals surface area contributed by atoms with Crippen molar-refractivity contribution in [2.75, 3.05) is 13.2 Å². The van der Waals surface area contributed by atoms with Crippen LogP contribution in [0.15, 0.2) is 11.6 Å². The van der Waals surface area contributed by atoms with Gasteiger partial charge in [-0.15, -0.1) is 0 Å². The largest absolute Gasteiger partial charge is 0.393 e. The SMILES string of the molecule is CC(=O)N1C(=O)CC2C3CC=C4CC5(CC[C@]4(C)C3[C@@H](O)C[C@@]21C)OCCO5. The number of carbonyl (C=O) groups excluding carboxylic acids is 2. The Kier molecular flexibility index (Phi) is 3.95. The van der Waals surface area contributed by atoms with E-state index in [-0.39, 0.29) is 35.0 Å². The highest BCUT2D eigenvalue weighted by Gasteiger charge is 2.64. The van der Waals surface area contributed by atoms with Gasteiger partial charge in [-0.25, -0.2) is 0 Å². The number of aliphatic hydroxyl groups is 1. The van der Waals surface area contributed by atoms with Crippen LogP contribution in [0.5, 0.6) is 0 Å². The summed E-state index contributed by atoms with van der Waals surface area (Å²) in [6, 6.07) is 0. The first-order chi connectivity index (χ1) is 13.2. The Hall–Kier alpha value is -1.24. The van der Waals surface area contributed by atoms with Crippen molar-refractivity contribution in [1.29, 1.82) is 0 Å². The molecular formula is C22H31NO5. The fourth-order valence-corrected chi connectivity index (χ4v) is 7.53. The Morgan fingerprint density at radius 2 is 1.96 bits per heavy atom. The first-order valence-electron chi connectivity index (χ1n) is 10.7. The van der Waals surface area contributed by atoms with E-state index in [2.05, 4.69) is 13.0 Å². The summed E-state index contributed by atoms with van der Waals surface area (Å²) in [7, 11) is 0. The Morgan fingerprint density at radius 3 is 2.64 bits per heavy atom. The first kappa shape index (κ1) is 18.8. The van der Waals surface area contributed by atoms with Crippen molar-refractivity contribution in [2.45, 2.75) is 76.7 Å². The van der Waals surface area contributed by atoms with Crippen LogP contribution in [0.2, 0.25) is 0 Å². The van der Waals surface area contributed by atoms with Crippen molar-refractivity contribution in [1.82, 2.24) is 4.90 Å². The fourth-order valence-electron chi connectivity index (χ4n) is 7.53. The summed E-state index contributed by atoms with van der Waals surface area (Å²) in [5, 5.41) is 11.3. The molecule has 2 saturated carbocycles. The quantitative estimate of drug-likeness (QED) is 0.644. The molecule has 3 unspecified atom stereocenters. The zero-order valence-corrected chi connectivity index (χ0v) is 17.1. The van der Waals surface area contributed by atoms with Crippen molar-refractivity contribution in [2.24, 2.45) is 23.2 Å². The maximum atomic E-state index is 12.7. The highest BCUT2D eigenvalue weighted by molar-refractivity contribution is 5.97. The predicted octanol–water partition coefficient (Wildman–Crippen LogP) is 2.40. The molecule has 1 N–H and O–H groups in total. The van der Waals surface area contributed by atoms with E-state index < -0.39 is 17.4 Å². The van der Waals surface area contributed by atoms with Crippen molar-refractivity contribution in [3.63, 3.8) is 0 Å². The van der Waals surface area contributed by atoms with Gasteiger partial charge < -0.3 is 14.6 Å². The van der Waals surface area contributed by atoms with Crippen molar-refractivity contribution in [3.05, 3.63) is 11.6 Å². The summed E-state index contributed by atoms with van der Waals surface area (Å²) in [5.41, 5.74) is 0.674. The molecule has 0 bridgehead atoms. The van der Waals surface area contributed by atoms with Crippen LogP contribution in [0.25, 0.3) is 0 Å². The van der Waals surface area contributed by atoms with E-state index in [1.54, 1.807) is 0 Å². The van der Waals surface area contributed by atoms with Gasteiger partial charge in [0.1, 0.15) is 0 Å². The third-order valence-electron chi connectivity index (χ3n) is 8.69. The van der Waals surface area contributed by atoms with Gasteiger partial charge in [-0.05, 0) is 49.4 Å². The van der Waals surface area contributed by atoms with Crippen LogP contribution in [0, 0.1) is 23.2 Å². The summed E-state index contributed by atoms with van der Waals surface area (Å²) in [4.78, 5) is 26.3. The Labute approximate surface area is 166 Å². The van der Waals surface area contributed by atoms with Crippen LogP contribution in [0.1, 0.15) is 59.3 Å². The standard InChI is InChI=1S/C22H31NO5/c1-13(24)23-18(26)10-16-15-5-4-14-11-22(27-8-9-28-22)7-6-20(14,2)19(15)17(25)12-21(16,23)3/h4,15-17,19,25H,5-12H2,1-3H3/t15?,16?,17-,19?,20-,21-/m0/s1. The summed E-state index contributed by atoms with van der Waals surface area (Å²) in [5.74, 6) is -0.306. The first-order valence-corrected chi connectivity index (χ1v) is 10.7. The maximum Gasteiger partial charge on any atom is 0.230 e. The molecule has 6 nitrogen and oxygen atoms in total. The van der Waals surface area contributed by atoms with Gasteiger partial charge in [-0.1, -0.05) is 18.6 Å². The lowest BCUT2D eigenvalue weighted by Gasteiger charge is -2.60. The average molecular weight is 389 g/mol. The van der Waals surface area contributed by atoms with Gasteiger partial charge in [0, 0.05) is 26.2 Å². The van der Waals surface area contributed by atoms with Crippen LogP contribution in [-0.2, 0) is 19.1 Å². The number of carbonyl (C=O) groups is 2. The second-order valence-corrected chi connectivity index (χ2v) is 10.0. The van der Waals surface area contributed by atoms with Crippen LogP contribution in [-0.4, -0.2) is 52.5 Å². The molecule has 0 aromatic carbocycles. The number of allylic oxidation sites excluding steroid dienone is 1. The molecule has 0 aromatic rings. The molecule has 1 spiro atoms. The summed E-state index contributed by atoms with van der Waals surface area (Å²) in [6.07, 6.45) is 6.09. The van der Waals surface area contributed by atoms with Crippen LogP contribution in [0.3, 0.4) is 0 Å². The molecule has 154 valence electrons. The van der Waals surface area contributed by atoms with Crippen molar-refractivity contribution in [3.8, 4) is 0 Å². The van der Waals surface area contributed by atoms with E-state index in [9.17, 15) is 14.7 Å². The molecule has 6 atom stereocenters. The van der Waals surface area contributed by atoms with Crippen molar-refractivity contribution < 1.29 is 24.2 Å². The molecule has 4 fully saturated rings. The normalized spacial score (nSPS) is 46.8. The minimum Gasteiger partial charge on any atom is -0.393 e. The number of amides is 2. The van der Waals surface area contributed by atoms with Crippen molar-refractivity contribution >= 4 is 11.8 Å². The Balaban J connectivity index is 1.51. The number of nitrogens with zero attached hydrogens (tertiary/aromatic N) is 1. The maximum absolute atomic E-state index is 12.7. The van der Waals surface area contributed by atoms with Gasteiger partial charge in [0.2, 0.25) is 11.8 Å². The number of likely N-dealkylation sites (tertiary alicyclic amines) is 1. The summed E-state index contributed by atoms with van der Waals surface area (Å²) < 4.78 is 11.9. The monoisotopic (exact) mass is 389 g/mol. The van der Waals surface area contributed by atoms with E-state index in [1.807, 2.05) is 6.92 Å². The van der Waals surface area contributed by atoms with Crippen LogP contribution >= 0.6 is 0 Å². The molecule has 5 rings (SSSR count). The number of hydrogen-bond acceptors (Lipinski definition) is 5. The van der Waals surface area contributed by atoms with E-state index in [4.69, 9.17) is 9.47 Å².